The molecule has 0 aromatic heterocycles. The van der Waals surface area contributed by atoms with Gasteiger partial charge < -0.3 is 0 Å². The normalized spacial score (nSPS) is 23.3. The zero-order valence-electron chi connectivity index (χ0n) is 16.8. The van der Waals surface area contributed by atoms with Gasteiger partial charge in [0, 0.05) is 12.0 Å². The number of rotatable bonds is 6. The number of hydrogen-bond acceptors (Lipinski definition) is 2. The smallest absolute Gasteiger partial charge is 0.207 e. The van der Waals surface area contributed by atoms with Crippen molar-refractivity contribution in [1.82, 2.24) is 4.31 Å². The largest absolute Gasteiger partial charge is 0.244 e. The van der Waals surface area contributed by atoms with Crippen molar-refractivity contribution in [3.05, 3.63) is 77.4 Å². The number of aryl methyl sites for hydroxylation is 3. The maximum absolute atomic E-state index is 13.6. The first kappa shape index (κ1) is 19.8. The number of nitrogens with zero attached hydrogens (tertiary/aromatic N) is 1. The standard InChI is InChI=1S/C23H29NO2S/c1-7-20(19-11-9-8-10-12-19)22-21(15(2)3)24(22)27(25,26)23-17(5)13-16(4)14-18(23)6/h7-15,20-22H,1H2,2-6H3/t20?,21-,22-,24?/m0/s1. The summed E-state index contributed by atoms with van der Waals surface area (Å²) in [6.45, 7) is 14.0. The molecule has 0 amide bonds. The van der Waals surface area contributed by atoms with Gasteiger partial charge in [-0.3, -0.25) is 0 Å². The van der Waals surface area contributed by atoms with E-state index in [1.807, 2.05) is 57.2 Å². The molecule has 3 rings (SSSR count). The minimum absolute atomic E-state index is 0.0144. The second kappa shape index (κ2) is 7.25. The van der Waals surface area contributed by atoms with E-state index in [9.17, 15) is 8.42 Å². The van der Waals surface area contributed by atoms with Crippen LogP contribution in [0.4, 0.5) is 0 Å². The summed E-state index contributed by atoms with van der Waals surface area (Å²) in [5.74, 6) is 0.224. The van der Waals surface area contributed by atoms with Crippen molar-refractivity contribution >= 4 is 10.0 Å². The predicted octanol–water partition coefficient (Wildman–Crippen LogP) is 4.98. The van der Waals surface area contributed by atoms with Crippen molar-refractivity contribution in [2.24, 2.45) is 5.92 Å². The van der Waals surface area contributed by atoms with Gasteiger partial charge in [0.2, 0.25) is 10.0 Å². The number of hydrogen-bond donors (Lipinski definition) is 0. The van der Waals surface area contributed by atoms with E-state index in [1.54, 1.807) is 4.31 Å². The molecule has 27 heavy (non-hydrogen) atoms. The molecule has 0 radical (unpaired) electrons. The molecule has 1 saturated heterocycles. The summed E-state index contributed by atoms with van der Waals surface area (Å²) in [5.41, 5.74) is 3.82. The molecule has 0 aliphatic carbocycles. The fourth-order valence-corrected chi connectivity index (χ4v) is 6.81. The molecule has 4 heteroatoms. The van der Waals surface area contributed by atoms with Crippen LogP contribution in [0.2, 0.25) is 0 Å². The van der Waals surface area contributed by atoms with E-state index in [2.05, 4.69) is 32.6 Å². The third-order valence-corrected chi connectivity index (χ3v) is 7.68. The highest BCUT2D eigenvalue weighted by Crippen LogP contribution is 2.48. The predicted molar refractivity (Wildman–Crippen MR) is 111 cm³/mol. The molecule has 2 unspecified atom stereocenters. The Morgan fingerprint density at radius 1 is 1.00 bits per heavy atom. The molecule has 4 atom stereocenters. The summed E-state index contributed by atoms with van der Waals surface area (Å²) in [5, 5.41) is 0. The van der Waals surface area contributed by atoms with E-state index >= 15 is 0 Å². The third kappa shape index (κ3) is 3.48. The summed E-state index contributed by atoms with van der Waals surface area (Å²) in [4.78, 5) is 0.456. The van der Waals surface area contributed by atoms with Gasteiger partial charge in [-0.1, -0.05) is 68.0 Å². The lowest BCUT2D eigenvalue weighted by molar-refractivity contribution is 0.515. The Kier molecular flexibility index (Phi) is 5.33. The Balaban J connectivity index is 2.06. The molecule has 0 saturated carbocycles. The molecule has 1 heterocycles. The van der Waals surface area contributed by atoms with Crippen LogP contribution in [0.3, 0.4) is 0 Å². The Morgan fingerprint density at radius 2 is 1.56 bits per heavy atom. The van der Waals surface area contributed by atoms with Crippen molar-refractivity contribution in [2.75, 3.05) is 0 Å². The van der Waals surface area contributed by atoms with Crippen LogP contribution in [0, 0.1) is 26.7 Å². The van der Waals surface area contributed by atoms with Gasteiger partial charge in [0.1, 0.15) is 0 Å². The molecule has 3 nitrogen and oxygen atoms in total. The maximum Gasteiger partial charge on any atom is 0.244 e. The zero-order chi connectivity index (χ0) is 19.9. The molecule has 2 aromatic rings. The van der Waals surface area contributed by atoms with Crippen molar-refractivity contribution in [3.63, 3.8) is 0 Å². The first-order chi connectivity index (χ1) is 12.7. The van der Waals surface area contributed by atoms with Gasteiger partial charge >= 0.3 is 0 Å². The quantitative estimate of drug-likeness (QED) is 0.521. The SMILES string of the molecule is C=CC(c1ccccc1)[C@H]1[C@H](C(C)C)N1S(=O)(=O)c1c(C)cc(C)cc1C. The lowest BCUT2D eigenvalue weighted by atomic mass is 9.91. The fourth-order valence-electron chi connectivity index (χ4n) is 4.45. The second-order valence-corrected chi connectivity index (χ2v) is 9.74. The van der Waals surface area contributed by atoms with Gasteiger partial charge in [-0.05, 0) is 43.4 Å². The first-order valence-electron chi connectivity index (χ1n) is 9.49. The molecule has 1 aliphatic rings. The van der Waals surface area contributed by atoms with Crippen molar-refractivity contribution in [1.29, 1.82) is 0 Å². The van der Waals surface area contributed by atoms with Crippen molar-refractivity contribution in [2.45, 2.75) is 57.5 Å². The monoisotopic (exact) mass is 383 g/mol. The topological polar surface area (TPSA) is 37.1 Å². The maximum atomic E-state index is 13.6. The van der Waals surface area contributed by atoms with Crippen LogP contribution in [0.15, 0.2) is 60.0 Å². The minimum atomic E-state index is -3.56. The van der Waals surface area contributed by atoms with Gasteiger partial charge in [0.15, 0.2) is 0 Å². The average molecular weight is 384 g/mol. The van der Waals surface area contributed by atoms with Gasteiger partial charge in [-0.25, -0.2) is 8.42 Å². The van der Waals surface area contributed by atoms with E-state index in [-0.39, 0.29) is 23.9 Å². The Morgan fingerprint density at radius 3 is 2.04 bits per heavy atom. The lowest BCUT2D eigenvalue weighted by Crippen LogP contribution is -2.21. The summed E-state index contributed by atoms with van der Waals surface area (Å²) in [6.07, 6.45) is 1.89. The van der Waals surface area contributed by atoms with E-state index in [0.717, 1.165) is 22.3 Å². The Bertz CT molecular complexity index is 925. The highest BCUT2D eigenvalue weighted by atomic mass is 32.2. The summed E-state index contributed by atoms with van der Waals surface area (Å²) < 4.78 is 28.9. The summed E-state index contributed by atoms with van der Waals surface area (Å²) >= 11 is 0. The molecule has 1 aliphatic heterocycles. The zero-order valence-corrected chi connectivity index (χ0v) is 17.6. The molecule has 144 valence electrons. The van der Waals surface area contributed by atoms with E-state index in [0.29, 0.717) is 4.90 Å². The molecule has 0 bridgehead atoms. The Labute approximate surface area is 163 Å². The van der Waals surface area contributed by atoms with Gasteiger partial charge in [0.05, 0.1) is 10.9 Å². The summed E-state index contributed by atoms with van der Waals surface area (Å²) in [6, 6.07) is 13.9. The van der Waals surface area contributed by atoms with Crippen LogP contribution >= 0.6 is 0 Å². The molecular weight excluding hydrogens is 354 g/mol. The van der Waals surface area contributed by atoms with Gasteiger partial charge in [0.25, 0.3) is 0 Å². The lowest BCUT2D eigenvalue weighted by Gasteiger charge is -2.16. The van der Waals surface area contributed by atoms with Crippen LogP contribution in [-0.4, -0.2) is 24.8 Å². The van der Waals surface area contributed by atoms with Crippen LogP contribution in [0.5, 0.6) is 0 Å². The third-order valence-electron chi connectivity index (χ3n) is 5.48. The number of sulfonamides is 1. The van der Waals surface area contributed by atoms with Crippen LogP contribution in [0.1, 0.15) is 42.0 Å². The van der Waals surface area contributed by atoms with E-state index < -0.39 is 10.0 Å². The molecule has 0 N–H and O–H groups in total. The van der Waals surface area contributed by atoms with E-state index in [4.69, 9.17) is 0 Å². The molecular formula is C23H29NO2S. The first-order valence-corrected chi connectivity index (χ1v) is 10.9. The van der Waals surface area contributed by atoms with Crippen LogP contribution < -0.4 is 0 Å². The van der Waals surface area contributed by atoms with Crippen molar-refractivity contribution in [3.8, 4) is 0 Å². The number of benzene rings is 2. The van der Waals surface area contributed by atoms with Crippen LogP contribution in [-0.2, 0) is 10.0 Å². The highest BCUT2D eigenvalue weighted by Gasteiger charge is 2.59. The average Bonchev–Trinajstić information content (AvgIpc) is 3.32. The molecule has 1 fully saturated rings. The van der Waals surface area contributed by atoms with E-state index in [1.165, 1.54) is 0 Å². The Hall–Kier alpha value is -1.91. The summed E-state index contributed by atoms with van der Waals surface area (Å²) in [7, 11) is -3.56. The fraction of sp³-hybridized carbons (Fsp3) is 0.391. The highest BCUT2D eigenvalue weighted by molar-refractivity contribution is 7.89. The van der Waals surface area contributed by atoms with Gasteiger partial charge in [-0.2, -0.15) is 4.31 Å². The van der Waals surface area contributed by atoms with Crippen molar-refractivity contribution < 1.29 is 8.42 Å². The molecule has 0 spiro atoms. The van der Waals surface area contributed by atoms with Gasteiger partial charge in [-0.15, -0.1) is 6.58 Å². The second-order valence-electron chi connectivity index (χ2n) is 7.96. The molecule has 2 aromatic carbocycles. The van der Waals surface area contributed by atoms with Crippen LogP contribution in [0.25, 0.3) is 0 Å². The minimum Gasteiger partial charge on any atom is -0.207 e.